The molecule has 1 heterocycles. The fourth-order valence-corrected chi connectivity index (χ4v) is 2.94. The van der Waals surface area contributed by atoms with Gasteiger partial charge in [-0.1, -0.05) is 0 Å². The Morgan fingerprint density at radius 3 is 2.79 bits per heavy atom. The second-order valence-electron chi connectivity index (χ2n) is 4.64. The number of anilines is 1. The molecule has 5 nitrogen and oxygen atoms in total. The molecular weight excluding hydrogens is 266 g/mol. The largest absolute Gasteiger partial charge is 0.375 e. The van der Waals surface area contributed by atoms with Gasteiger partial charge >= 0.3 is 0 Å². The van der Waals surface area contributed by atoms with E-state index in [1.807, 2.05) is 0 Å². The van der Waals surface area contributed by atoms with Crippen molar-refractivity contribution >= 4 is 21.4 Å². The third kappa shape index (κ3) is 2.96. The van der Waals surface area contributed by atoms with Crippen LogP contribution in [0, 0.1) is 0 Å². The highest BCUT2D eigenvalue weighted by atomic mass is 32.2. The molecule has 19 heavy (non-hydrogen) atoms. The van der Waals surface area contributed by atoms with Crippen molar-refractivity contribution in [2.45, 2.75) is 17.7 Å². The average molecular weight is 283 g/mol. The van der Waals surface area contributed by atoms with Crippen LogP contribution in [0.1, 0.15) is 12.0 Å². The molecule has 0 saturated carbocycles. The van der Waals surface area contributed by atoms with E-state index in [0.29, 0.717) is 11.4 Å². The summed E-state index contributed by atoms with van der Waals surface area (Å²) in [5.74, 6) is -0.101. The van der Waals surface area contributed by atoms with Gasteiger partial charge in [0, 0.05) is 25.6 Å². The van der Waals surface area contributed by atoms with Crippen LogP contribution in [-0.2, 0) is 25.8 Å². The van der Waals surface area contributed by atoms with Gasteiger partial charge in [0.25, 0.3) is 5.91 Å². The molecule has 104 valence electrons. The zero-order valence-corrected chi connectivity index (χ0v) is 11.9. The second kappa shape index (κ2) is 5.30. The van der Waals surface area contributed by atoms with Crippen LogP contribution in [0.4, 0.5) is 5.69 Å². The summed E-state index contributed by atoms with van der Waals surface area (Å²) in [5.41, 5.74) is 1.69. The summed E-state index contributed by atoms with van der Waals surface area (Å²) in [4.78, 5) is 13.9. The molecule has 0 aliphatic carbocycles. The Morgan fingerprint density at radius 1 is 1.42 bits per heavy atom. The fraction of sp³-hybridized carbons (Fsp3) is 0.462. The van der Waals surface area contributed by atoms with Crippen LogP contribution in [0.5, 0.6) is 0 Å². The molecule has 1 aliphatic rings. The fourth-order valence-electron chi connectivity index (χ4n) is 2.26. The minimum absolute atomic E-state index is 0.0350. The molecular formula is C13H17NO4S. The van der Waals surface area contributed by atoms with Crippen molar-refractivity contribution in [3.8, 4) is 0 Å². The van der Waals surface area contributed by atoms with Crippen LogP contribution in [0.15, 0.2) is 23.1 Å². The molecule has 0 saturated heterocycles. The standard InChI is InChI=1S/C13H17NO4S/c1-18-9-13(15)14-7-3-4-10-8-11(19(2,16)17)5-6-12(10)14/h5-6,8H,3-4,7,9H2,1-2H3. The summed E-state index contributed by atoms with van der Waals surface area (Å²) in [5, 5.41) is 0. The minimum Gasteiger partial charge on any atom is -0.375 e. The molecule has 0 atom stereocenters. The third-order valence-corrected chi connectivity index (χ3v) is 4.28. The number of carbonyl (C=O) groups excluding carboxylic acids is 1. The van der Waals surface area contributed by atoms with Crippen LogP contribution in [-0.4, -0.2) is 40.8 Å². The van der Waals surface area contributed by atoms with Gasteiger partial charge in [-0.3, -0.25) is 4.79 Å². The van der Waals surface area contributed by atoms with E-state index < -0.39 is 9.84 Å². The van der Waals surface area contributed by atoms with Gasteiger partial charge in [0.05, 0.1) is 4.90 Å². The molecule has 0 fully saturated rings. The van der Waals surface area contributed by atoms with E-state index >= 15 is 0 Å². The monoisotopic (exact) mass is 283 g/mol. The van der Waals surface area contributed by atoms with E-state index in [-0.39, 0.29) is 12.5 Å². The molecule has 0 spiro atoms. The molecule has 0 bridgehead atoms. The molecule has 1 aromatic carbocycles. The first-order valence-electron chi connectivity index (χ1n) is 6.06. The topological polar surface area (TPSA) is 63.7 Å². The maximum absolute atomic E-state index is 11.9. The van der Waals surface area contributed by atoms with Crippen LogP contribution in [0.25, 0.3) is 0 Å². The number of hydrogen-bond acceptors (Lipinski definition) is 4. The summed E-state index contributed by atoms with van der Waals surface area (Å²) in [6.45, 7) is 0.681. The first-order valence-corrected chi connectivity index (χ1v) is 7.95. The quantitative estimate of drug-likeness (QED) is 0.830. The van der Waals surface area contributed by atoms with Crippen LogP contribution in [0.2, 0.25) is 0 Å². The zero-order valence-electron chi connectivity index (χ0n) is 11.0. The summed E-state index contributed by atoms with van der Waals surface area (Å²) < 4.78 is 27.9. The molecule has 0 unspecified atom stereocenters. The van der Waals surface area contributed by atoms with E-state index in [1.54, 1.807) is 23.1 Å². The molecule has 0 aromatic heterocycles. The Balaban J connectivity index is 2.39. The Labute approximate surface area is 113 Å². The molecule has 1 aromatic rings. The maximum Gasteiger partial charge on any atom is 0.252 e. The van der Waals surface area contributed by atoms with E-state index in [0.717, 1.165) is 24.1 Å². The number of hydrogen-bond donors (Lipinski definition) is 0. The SMILES string of the molecule is COCC(=O)N1CCCc2cc(S(C)(=O)=O)ccc21. The lowest BCUT2D eigenvalue weighted by atomic mass is 10.0. The van der Waals surface area contributed by atoms with Crippen molar-refractivity contribution in [2.24, 2.45) is 0 Å². The van der Waals surface area contributed by atoms with Crippen molar-refractivity contribution in [1.29, 1.82) is 0 Å². The van der Waals surface area contributed by atoms with Gasteiger partial charge in [-0.25, -0.2) is 8.42 Å². The zero-order chi connectivity index (χ0) is 14.0. The Morgan fingerprint density at radius 2 is 2.16 bits per heavy atom. The van der Waals surface area contributed by atoms with Crippen molar-refractivity contribution in [2.75, 3.05) is 31.4 Å². The van der Waals surface area contributed by atoms with E-state index in [1.165, 1.54) is 13.4 Å². The number of ether oxygens (including phenoxy) is 1. The van der Waals surface area contributed by atoms with Crippen molar-refractivity contribution < 1.29 is 17.9 Å². The first kappa shape index (κ1) is 14.0. The predicted molar refractivity (Wildman–Crippen MR) is 72.1 cm³/mol. The van der Waals surface area contributed by atoms with Gasteiger partial charge in [-0.05, 0) is 36.6 Å². The summed E-state index contributed by atoms with van der Waals surface area (Å²) in [6.07, 6.45) is 2.80. The van der Waals surface area contributed by atoms with E-state index in [4.69, 9.17) is 4.74 Å². The van der Waals surface area contributed by atoms with Gasteiger partial charge in [0.1, 0.15) is 6.61 Å². The average Bonchev–Trinajstić information content (AvgIpc) is 2.36. The van der Waals surface area contributed by atoms with Crippen LogP contribution < -0.4 is 4.90 Å². The van der Waals surface area contributed by atoms with Crippen molar-refractivity contribution in [3.63, 3.8) is 0 Å². The predicted octanol–water partition coefficient (Wildman–Crippen LogP) is 1.02. The Hall–Kier alpha value is -1.40. The van der Waals surface area contributed by atoms with Gasteiger partial charge in [-0.15, -0.1) is 0 Å². The smallest absolute Gasteiger partial charge is 0.252 e. The van der Waals surface area contributed by atoms with Crippen molar-refractivity contribution in [1.82, 2.24) is 0 Å². The second-order valence-corrected chi connectivity index (χ2v) is 6.66. The number of aryl methyl sites for hydroxylation is 1. The minimum atomic E-state index is -3.21. The Kier molecular flexibility index (Phi) is 3.91. The van der Waals surface area contributed by atoms with Crippen LogP contribution in [0.3, 0.4) is 0 Å². The number of sulfone groups is 1. The highest BCUT2D eigenvalue weighted by molar-refractivity contribution is 7.90. The summed E-state index contributed by atoms with van der Waals surface area (Å²) in [6, 6.07) is 4.92. The van der Waals surface area contributed by atoms with Gasteiger partial charge in [-0.2, -0.15) is 0 Å². The van der Waals surface area contributed by atoms with Gasteiger partial charge in [0.2, 0.25) is 0 Å². The summed E-state index contributed by atoms with van der Waals surface area (Å²) in [7, 11) is -1.73. The molecule has 1 amide bonds. The number of methoxy groups -OCH3 is 1. The number of benzene rings is 1. The van der Waals surface area contributed by atoms with E-state index in [2.05, 4.69) is 0 Å². The molecule has 1 aliphatic heterocycles. The first-order chi connectivity index (χ1) is 8.93. The lowest BCUT2D eigenvalue weighted by Gasteiger charge is -2.29. The lowest BCUT2D eigenvalue weighted by Crippen LogP contribution is -2.37. The highest BCUT2D eigenvalue weighted by Crippen LogP contribution is 2.29. The summed E-state index contributed by atoms with van der Waals surface area (Å²) >= 11 is 0. The maximum atomic E-state index is 11.9. The molecule has 2 rings (SSSR count). The molecule has 0 radical (unpaired) electrons. The van der Waals surface area contributed by atoms with Crippen molar-refractivity contribution in [3.05, 3.63) is 23.8 Å². The molecule has 6 heteroatoms. The van der Waals surface area contributed by atoms with Gasteiger partial charge < -0.3 is 9.64 Å². The van der Waals surface area contributed by atoms with E-state index in [9.17, 15) is 13.2 Å². The third-order valence-electron chi connectivity index (χ3n) is 3.17. The van der Waals surface area contributed by atoms with Gasteiger partial charge in [0.15, 0.2) is 9.84 Å². The lowest BCUT2D eigenvalue weighted by molar-refractivity contribution is -0.122. The number of fused-ring (bicyclic) bond motifs is 1. The number of nitrogens with zero attached hydrogens (tertiary/aromatic N) is 1. The number of rotatable bonds is 3. The highest BCUT2D eigenvalue weighted by Gasteiger charge is 2.23. The Bertz CT molecular complexity index is 595. The number of carbonyl (C=O) groups is 1. The normalized spacial score (nSPS) is 15.2. The number of amides is 1. The molecule has 0 N–H and O–H groups in total. The van der Waals surface area contributed by atoms with Crippen LogP contribution >= 0.6 is 0 Å².